The van der Waals surface area contributed by atoms with Gasteiger partial charge in [-0.2, -0.15) is 0 Å². The molecule has 7 nitrogen and oxygen atoms in total. The molecule has 1 amide bonds. The molecule has 0 N–H and O–H groups in total. The number of anilines is 1. The third-order valence-electron chi connectivity index (χ3n) is 4.55. The number of benzene rings is 2. The van der Waals surface area contributed by atoms with Gasteiger partial charge in [0.2, 0.25) is 0 Å². The third kappa shape index (κ3) is 4.94. The van der Waals surface area contributed by atoms with E-state index in [-0.39, 0.29) is 19.1 Å². The molecule has 0 unspecified atom stereocenters. The van der Waals surface area contributed by atoms with Gasteiger partial charge in [-0.15, -0.1) is 11.8 Å². The normalized spacial score (nSPS) is 18.2. The molecule has 1 aliphatic heterocycles. The molecule has 0 aliphatic carbocycles. The second-order valence-corrected chi connectivity index (χ2v) is 7.82. The summed E-state index contributed by atoms with van der Waals surface area (Å²) in [6.45, 7) is 2.79. The van der Waals surface area contributed by atoms with Crippen molar-refractivity contribution in [2.45, 2.75) is 30.1 Å². The zero-order valence-corrected chi connectivity index (χ0v) is 17.8. The van der Waals surface area contributed by atoms with E-state index in [1.165, 1.54) is 30.5 Å². The first kappa shape index (κ1) is 21.7. The van der Waals surface area contributed by atoms with E-state index in [9.17, 15) is 14.4 Å². The minimum atomic E-state index is -1.04. The van der Waals surface area contributed by atoms with Gasteiger partial charge in [-0.3, -0.25) is 14.4 Å². The highest BCUT2D eigenvalue weighted by Gasteiger charge is 2.40. The van der Waals surface area contributed by atoms with Crippen molar-refractivity contribution in [1.29, 1.82) is 0 Å². The minimum absolute atomic E-state index is 0.0417. The van der Waals surface area contributed by atoms with Gasteiger partial charge in [0.25, 0.3) is 5.91 Å². The molecule has 1 heterocycles. The Morgan fingerprint density at radius 3 is 2.37 bits per heavy atom. The molecular weight excluding hydrogens is 406 g/mol. The summed E-state index contributed by atoms with van der Waals surface area (Å²) in [7, 11) is 1.58. The van der Waals surface area contributed by atoms with E-state index in [1.54, 1.807) is 19.2 Å². The van der Waals surface area contributed by atoms with E-state index in [4.69, 9.17) is 14.2 Å². The summed E-state index contributed by atoms with van der Waals surface area (Å²) in [5.74, 6) is -0.641. The number of para-hydroxylation sites is 1. The van der Waals surface area contributed by atoms with Gasteiger partial charge in [0.05, 0.1) is 24.6 Å². The molecule has 2 aromatic carbocycles. The van der Waals surface area contributed by atoms with Crippen molar-refractivity contribution >= 4 is 35.3 Å². The fourth-order valence-corrected chi connectivity index (χ4v) is 4.54. The first-order valence-electron chi connectivity index (χ1n) is 9.42. The van der Waals surface area contributed by atoms with Gasteiger partial charge in [0, 0.05) is 18.7 Å². The second-order valence-electron chi connectivity index (χ2n) is 6.64. The summed E-state index contributed by atoms with van der Waals surface area (Å²) in [5, 5.41) is -0.452. The van der Waals surface area contributed by atoms with Crippen LogP contribution in [0, 0.1) is 0 Å². The molecule has 8 heteroatoms. The number of methoxy groups -OCH3 is 1. The summed E-state index contributed by atoms with van der Waals surface area (Å²) in [6.07, 6.45) is -1.04. The monoisotopic (exact) mass is 429 g/mol. The van der Waals surface area contributed by atoms with E-state index in [2.05, 4.69) is 0 Å². The average Bonchev–Trinajstić information content (AvgIpc) is 2.83. The lowest BCUT2D eigenvalue weighted by atomic mass is 10.1. The van der Waals surface area contributed by atoms with Crippen molar-refractivity contribution in [2.75, 3.05) is 25.2 Å². The van der Waals surface area contributed by atoms with Gasteiger partial charge in [-0.25, -0.2) is 0 Å². The fourth-order valence-electron chi connectivity index (χ4n) is 3.22. The highest BCUT2D eigenvalue weighted by molar-refractivity contribution is 7.99. The molecule has 3 rings (SSSR count). The number of fused-ring (bicyclic) bond motifs is 1. The number of hydrogen-bond donors (Lipinski definition) is 0. The Kier molecular flexibility index (Phi) is 6.99. The van der Waals surface area contributed by atoms with Crippen LogP contribution >= 0.6 is 11.8 Å². The van der Waals surface area contributed by atoms with E-state index in [1.807, 2.05) is 36.4 Å². The molecule has 30 heavy (non-hydrogen) atoms. The molecule has 0 radical (unpaired) electrons. The molecule has 0 bridgehead atoms. The minimum Gasteiger partial charge on any atom is -0.497 e. The molecule has 0 fully saturated rings. The maximum Gasteiger partial charge on any atom is 0.303 e. The number of amides is 1. The van der Waals surface area contributed by atoms with E-state index in [0.717, 1.165) is 10.5 Å². The van der Waals surface area contributed by atoms with E-state index in [0.29, 0.717) is 11.4 Å². The van der Waals surface area contributed by atoms with Crippen LogP contribution in [0.25, 0.3) is 0 Å². The number of nitrogens with zero attached hydrogens (tertiary/aromatic N) is 1. The molecule has 0 aromatic heterocycles. The Morgan fingerprint density at radius 2 is 1.73 bits per heavy atom. The predicted octanol–water partition coefficient (Wildman–Crippen LogP) is 3.37. The van der Waals surface area contributed by atoms with E-state index < -0.39 is 23.3 Å². The molecule has 2 aromatic rings. The number of esters is 2. The van der Waals surface area contributed by atoms with Crippen LogP contribution in [-0.4, -0.2) is 44.2 Å². The highest BCUT2D eigenvalue weighted by Crippen LogP contribution is 2.46. The molecular formula is C22H23NO6S. The molecule has 158 valence electrons. The van der Waals surface area contributed by atoms with Crippen LogP contribution in [-0.2, 0) is 23.9 Å². The lowest BCUT2D eigenvalue weighted by Crippen LogP contribution is -2.44. The van der Waals surface area contributed by atoms with Crippen molar-refractivity contribution in [3.05, 3.63) is 54.1 Å². The topological polar surface area (TPSA) is 82.1 Å². The molecule has 0 saturated heterocycles. The van der Waals surface area contributed by atoms with Gasteiger partial charge in [-0.1, -0.05) is 24.3 Å². The van der Waals surface area contributed by atoms with E-state index >= 15 is 0 Å². The lowest BCUT2D eigenvalue weighted by molar-refractivity contribution is -0.153. The largest absolute Gasteiger partial charge is 0.497 e. The van der Waals surface area contributed by atoms with Crippen molar-refractivity contribution in [3.8, 4) is 5.75 Å². The molecule has 0 spiro atoms. The van der Waals surface area contributed by atoms with Gasteiger partial charge in [-0.05, 0) is 29.8 Å². The van der Waals surface area contributed by atoms with Gasteiger partial charge in [0.15, 0.2) is 6.10 Å². The van der Waals surface area contributed by atoms with Crippen molar-refractivity contribution in [3.63, 3.8) is 0 Å². The van der Waals surface area contributed by atoms with Crippen LogP contribution in [0.15, 0.2) is 53.4 Å². The van der Waals surface area contributed by atoms with Gasteiger partial charge < -0.3 is 19.1 Å². The van der Waals surface area contributed by atoms with Crippen LogP contribution in [0.4, 0.5) is 5.69 Å². The smallest absolute Gasteiger partial charge is 0.303 e. The average molecular weight is 429 g/mol. The summed E-state index contributed by atoms with van der Waals surface area (Å²) in [6, 6.07) is 14.8. The Morgan fingerprint density at radius 1 is 1.03 bits per heavy atom. The first-order chi connectivity index (χ1) is 14.4. The number of carbonyl (C=O) groups is 3. The van der Waals surface area contributed by atoms with Crippen LogP contribution in [0.5, 0.6) is 5.75 Å². The zero-order valence-electron chi connectivity index (χ0n) is 17.0. The van der Waals surface area contributed by atoms with Crippen molar-refractivity contribution in [1.82, 2.24) is 0 Å². The highest BCUT2D eigenvalue weighted by atomic mass is 32.2. The number of rotatable bonds is 6. The summed E-state index contributed by atoms with van der Waals surface area (Å²) < 4.78 is 15.8. The van der Waals surface area contributed by atoms with Gasteiger partial charge >= 0.3 is 11.9 Å². The number of ether oxygens (including phenoxy) is 3. The fraction of sp³-hybridized carbons (Fsp3) is 0.318. The zero-order chi connectivity index (χ0) is 21.7. The van der Waals surface area contributed by atoms with Crippen molar-refractivity contribution < 1.29 is 28.6 Å². The first-order valence-corrected chi connectivity index (χ1v) is 10.3. The summed E-state index contributed by atoms with van der Waals surface area (Å²) >= 11 is 1.45. The third-order valence-corrected chi connectivity index (χ3v) is 5.92. The number of carbonyl (C=O) groups excluding carboxylic acids is 3. The summed E-state index contributed by atoms with van der Waals surface area (Å²) in [4.78, 5) is 38.9. The van der Waals surface area contributed by atoms with Gasteiger partial charge in [0.1, 0.15) is 12.4 Å². The van der Waals surface area contributed by atoms with Crippen LogP contribution in [0.2, 0.25) is 0 Å². The molecule has 2 atom stereocenters. The SMILES string of the molecule is COc1ccc([C@@H]2Sc3ccccc3N(CCOC(C)=O)C(=O)[C@@H]2OC(C)=O)cc1. The maximum absolute atomic E-state index is 13.5. The molecule has 0 saturated carbocycles. The van der Waals surface area contributed by atoms with Crippen LogP contribution in [0.3, 0.4) is 0 Å². The second kappa shape index (κ2) is 9.67. The van der Waals surface area contributed by atoms with Crippen molar-refractivity contribution in [2.24, 2.45) is 0 Å². The Hall–Kier alpha value is -3.00. The Bertz CT molecular complexity index is 929. The Labute approximate surface area is 179 Å². The standard InChI is InChI=1S/C22H23NO6S/c1-14(24)28-13-12-23-18-6-4-5-7-19(18)30-21(20(22(23)26)29-15(2)25)16-8-10-17(27-3)11-9-16/h4-11,20-21H,12-13H2,1-3H3/t20-,21+/m1/s1. The number of thioether (sulfide) groups is 1. The predicted molar refractivity (Wildman–Crippen MR) is 113 cm³/mol. The molecule has 1 aliphatic rings. The van der Waals surface area contributed by atoms with Crippen LogP contribution in [0.1, 0.15) is 24.7 Å². The van der Waals surface area contributed by atoms with Crippen LogP contribution < -0.4 is 9.64 Å². The summed E-state index contributed by atoms with van der Waals surface area (Å²) in [5.41, 5.74) is 1.52. The maximum atomic E-state index is 13.5. The number of hydrogen-bond acceptors (Lipinski definition) is 7. The Balaban J connectivity index is 2.02. The quantitative estimate of drug-likeness (QED) is 0.651. The lowest BCUT2D eigenvalue weighted by Gasteiger charge is -2.27.